The first-order valence-corrected chi connectivity index (χ1v) is 7.42. The number of hydrogen-bond donors (Lipinski definition) is 2. The Hall–Kier alpha value is -1.59. The largest absolute Gasteiger partial charge is 0.335 e. The van der Waals surface area contributed by atoms with Crippen molar-refractivity contribution in [3.05, 3.63) is 0 Å². The molecule has 112 valence electrons. The third kappa shape index (κ3) is 3.29. The minimum absolute atomic E-state index is 0.0646. The van der Waals surface area contributed by atoms with Crippen LogP contribution in [0.2, 0.25) is 0 Å². The van der Waals surface area contributed by atoms with Gasteiger partial charge in [0.05, 0.1) is 6.42 Å². The third-order valence-corrected chi connectivity index (χ3v) is 3.95. The van der Waals surface area contributed by atoms with E-state index in [-0.39, 0.29) is 36.3 Å². The number of rotatable bonds is 3. The van der Waals surface area contributed by atoms with E-state index in [1.54, 1.807) is 13.8 Å². The Balaban J connectivity index is 1.85. The van der Waals surface area contributed by atoms with Crippen LogP contribution in [0.1, 0.15) is 52.4 Å². The molecule has 1 saturated heterocycles. The number of amides is 4. The summed E-state index contributed by atoms with van der Waals surface area (Å²) in [6.45, 7) is 3.58. The number of urea groups is 1. The molecule has 0 spiro atoms. The highest BCUT2D eigenvalue weighted by Crippen LogP contribution is 2.18. The summed E-state index contributed by atoms with van der Waals surface area (Å²) in [5, 5.41) is 5.52. The van der Waals surface area contributed by atoms with Crippen molar-refractivity contribution >= 4 is 17.8 Å². The Kier molecular flexibility index (Phi) is 4.62. The zero-order valence-electron chi connectivity index (χ0n) is 12.1. The van der Waals surface area contributed by atoms with Gasteiger partial charge in [-0.1, -0.05) is 19.3 Å². The molecule has 4 amide bonds. The van der Waals surface area contributed by atoms with Crippen molar-refractivity contribution in [3.63, 3.8) is 0 Å². The molecule has 1 aliphatic heterocycles. The van der Waals surface area contributed by atoms with Gasteiger partial charge in [-0.15, -0.1) is 0 Å². The fraction of sp³-hybridized carbons (Fsp3) is 0.786. The first-order chi connectivity index (χ1) is 9.49. The highest BCUT2D eigenvalue weighted by Gasteiger charge is 2.40. The Bertz CT molecular complexity index is 402. The summed E-state index contributed by atoms with van der Waals surface area (Å²) in [5.74, 6) is -0.517. The van der Waals surface area contributed by atoms with E-state index < -0.39 is 6.04 Å². The summed E-state index contributed by atoms with van der Waals surface area (Å²) >= 11 is 0. The van der Waals surface area contributed by atoms with Crippen molar-refractivity contribution in [2.75, 3.05) is 0 Å². The topological polar surface area (TPSA) is 78.5 Å². The molecule has 0 aromatic heterocycles. The average molecular weight is 281 g/mol. The van der Waals surface area contributed by atoms with Gasteiger partial charge < -0.3 is 10.6 Å². The molecule has 20 heavy (non-hydrogen) atoms. The van der Waals surface area contributed by atoms with Crippen molar-refractivity contribution in [1.82, 2.24) is 15.5 Å². The predicted octanol–water partition coefficient (Wildman–Crippen LogP) is 1.15. The zero-order chi connectivity index (χ0) is 14.7. The van der Waals surface area contributed by atoms with Crippen LogP contribution in [0.15, 0.2) is 0 Å². The summed E-state index contributed by atoms with van der Waals surface area (Å²) in [6.07, 6.45) is 5.53. The molecule has 1 saturated carbocycles. The zero-order valence-corrected chi connectivity index (χ0v) is 12.1. The number of nitrogens with zero attached hydrogens (tertiary/aromatic N) is 1. The number of imide groups is 1. The van der Waals surface area contributed by atoms with Gasteiger partial charge in [-0.25, -0.2) is 4.79 Å². The Morgan fingerprint density at radius 2 is 1.80 bits per heavy atom. The number of carbonyl (C=O) groups is 3. The van der Waals surface area contributed by atoms with Crippen molar-refractivity contribution in [2.45, 2.75) is 70.5 Å². The van der Waals surface area contributed by atoms with Gasteiger partial charge in [0.1, 0.15) is 6.04 Å². The fourth-order valence-electron chi connectivity index (χ4n) is 2.94. The average Bonchev–Trinajstić information content (AvgIpc) is 2.65. The standard InChI is InChI=1S/C14H23N3O3/c1-9(2)17-12(18)8-11(13(17)19)16-14(20)15-10-6-4-3-5-7-10/h9-11H,3-8H2,1-2H3,(H2,15,16,20)/t11-/m1/s1. The Labute approximate surface area is 119 Å². The van der Waals surface area contributed by atoms with Crippen LogP contribution in [0.4, 0.5) is 4.79 Å². The van der Waals surface area contributed by atoms with Gasteiger partial charge >= 0.3 is 6.03 Å². The molecule has 6 heteroatoms. The highest BCUT2D eigenvalue weighted by atomic mass is 16.2. The van der Waals surface area contributed by atoms with Crippen molar-refractivity contribution in [3.8, 4) is 0 Å². The lowest BCUT2D eigenvalue weighted by Crippen LogP contribution is -2.49. The van der Waals surface area contributed by atoms with Crippen molar-refractivity contribution in [2.24, 2.45) is 0 Å². The van der Waals surface area contributed by atoms with E-state index in [9.17, 15) is 14.4 Å². The van der Waals surface area contributed by atoms with Crippen LogP contribution in [0.25, 0.3) is 0 Å². The first-order valence-electron chi connectivity index (χ1n) is 7.42. The van der Waals surface area contributed by atoms with Gasteiger partial charge in [0.2, 0.25) is 5.91 Å². The van der Waals surface area contributed by atoms with E-state index >= 15 is 0 Å². The van der Waals surface area contributed by atoms with Crippen LogP contribution >= 0.6 is 0 Å². The molecule has 1 heterocycles. The monoisotopic (exact) mass is 281 g/mol. The first kappa shape index (κ1) is 14.8. The summed E-state index contributed by atoms with van der Waals surface area (Å²) in [4.78, 5) is 36.9. The number of hydrogen-bond acceptors (Lipinski definition) is 3. The quantitative estimate of drug-likeness (QED) is 0.762. The third-order valence-electron chi connectivity index (χ3n) is 3.95. The molecule has 2 rings (SSSR count). The second-order valence-corrected chi connectivity index (χ2v) is 5.91. The fourth-order valence-corrected chi connectivity index (χ4v) is 2.94. The molecule has 1 aliphatic carbocycles. The van der Waals surface area contributed by atoms with Gasteiger partial charge in [0.25, 0.3) is 5.91 Å². The predicted molar refractivity (Wildman–Crippen MR) is 73.9 cm³/mol. The number of carbonyl (C=O) groups excluding carboxylic acids is 3. The molecular weight excluding hydrogens is 258 g/mol. The van der Waals surface area contributed by atoms with E-state index in [0.717, 1.165) is 25.7 Å². The van der Waals surface area contributed by atoms with Gasteiger partial charge in [-0.05, 0) is 26.7 Å². The van der Waals surface area contributed by atoms with Crippen LogP contribution < -0.4 is 10.6 Å². The van der Waals surface area contributed by atoms with Crippen molar-refractivity contribution in [1.29, 1.82) is 0 Å². The van der Waals surface area contributed by atoms with Gasteiger partial charge in [-0.2, -0.15) is 0 Å². The second-order valence-electron chi connectivity index (χ2n) is 5.91. The van der Waals surface area contributed by atoms with E-state index in [4.69, 9.17) is 0 Å². The maximum atomic E-state index is 12.0. The van der Waals surface area contributed by atoms with Crippen LogP contribution in [0.5, 0.6) is 0 Å². The molecule has 2 aliphatic rings. The van der Waals surface area contributed by atoms with Crippen LogP contribution in [0.3, 0.4) is 0 Å². The number of nitrogens with one attached hydrogen (secondary N) is 2. The molecule has 0 radical (unpaired) electrons. The molecule has 6 nitrogen and oxygen atoms in total. The maximum absolute atomic E-state index is 12.0. The molecule has 2 N–H and O–H groups in total. The highest BCUT2D eigenvalue weighted by molar-refractivity contribution is 6.07. The Morgan fingerprint density at radius 1 is 1.15 bits per heavy atom. The van der Waals surface area contributed by atoms with Gasteiger partial charge in [0.15, 0.2) is 0 Å². The second kappa shape index (κ2) is 6.24. The van der Waals surface area contributed by atoms with E-state index in [1.807, 2.05) is 0 Å². The van der Waals surface area contributed by atoms with Crippen LogP contribution in [-0.2, 0) is 9.59 Å². The molecule has 0 unspecified atom stereocenters. The normalized spacial score (nSPS) is 24.4. The summed E-state index contributed by atoms with van der Waals surface area (Å²) in [5.41, 5.74) is 0. The minimum Gasteiger partial charge on any atom is -0.335 e. The molecule has 2 fully saturated rings. The van der Waals surface area contributed by atoms with Gasteiger partial charge in [-0.3, -0.25) is 14.5 Å². The van der Waals surface area contributed by atoms with E-state index in [2.05, 4.69) is 10.6 Å². The summed E-state index contributed by atoms with van der Waals surface area (Å²) in [7, 11) is 0. The van der Waals surface area contributed by atoms with Crippen LogP contribution in [-0.4, -0.2) is 40.9 Å². The lowest BCUT2D eigenvalue weighted by molar-refractivity contribution is -0.140. The summed E-state index contributed by atoms with van der Waals surface area (Å²) < 4.78 is 0. The van der Waals surface area contributed by atoms with E-state index in [1.165, 1.54) is 11.3 Å². The summed E-state index contributed by atoms with van der Waals surface area (Å²) in [6, 6.07) is -1.03. The molecule has 0 bridgehead atoms. The number of likely N-dealkylation sites (tertiary alicyclic amines) is 1. The molecular formula is C14H23N3O3. The molecule has 0 aromatic carbocycles. The smallest absolute Gasteiger partial charge is 0.315 e. The molecule has 1 atom stereocenters. The maximum Gasteiger partial charge on any atom is 0.315 e. The van der Waals surface area contributed by atoms with Crippen molar-refractivity contribution < 1.29 is 14.4 Å². The molecule has 0 aromatic rings. The SMILES string of the molecule is CC(C)N1C(=O)C[C@@H](NC(=O)NC2CCCCC2)C1=O. The lowest BCUT2D eigenvalue weighted by Gasteiger charge is -2.24. The lowest BCUT2D eigenvalue weighted by atomic mass is 9.96. The van der Waals surface area contributed by atoms with Crippen LogP contribution in [0, 0.1) is 0 Å². The minimum atomic E-state index is -0.714. The van der Waals surface area contributed by atoms with Gasteiger partial charge in [0, 0.05) is 12.1 Å². The Morgan fingerprint density at radius 3 is 2.35 bits per heavy atom. The van der Waals surface area contributed by atoms with E-state index in [0.29, 0.717) is 0 Å².